The predicted molar refractivity (Wildman–Crippen MR) is 352 cm³/mol. The van der Waals surface area contributed by atoms with Crippen molar-refractivity contribution < 1.29 is 24.5 Å². The van der Waals surface area contributed by atoms with Crippen LogP contribution in [0.25, 0.3) is 0 Å². The number of aliphatic hydroxyl groups is 2. The van der Waals surface area contributed by atoms with Crippen molar-refractivity contribution in [3.8, 4) is 0 Å². The highest BCUT2D eigenvalue weighted by Crippen LogP contribution is 2.18. The number of nitrogens with one attached hydrogen (secondary N) is 1. The lowest BCUT2D eigenvalue weighted by atomic mass is 10.0. The zero-order valence-corrected chi connectivity index (χ0v) is 53.8. The number of aliphatic hydroxyl groups excluding tert-OH is 2. The van der Waals surface area contributed by atoms with E-state index >= 15 is 0 Å². The number of carbonyl (C=O) groups is 2. The molecule has 0 aromatic rings. The largest absolute Gasteiger partial charge is 0.466 e. The third-order valence-electron chi connectivity index (χ3n) is 16.6. The van der Waals surface area contributed by atoms with Gasteiger partial charge in [-0.25, -0.2) is 0 Å². The summed E-state index contributed by atoms with van der Waals surface area (Å²) in [5, 5.41) is 23.0. The van der Waals surface area contributed by atoms with E-state index < -0.39 is 12.1 Å². The van der Waals surface area contributed by atoms with Gasteiger partial charge < -0.3 is 20.3 Å². The number of esters is 1. The molecule has 3 N–H and O–H groups in total. The van der Waals surface area contributed by atoms with Gasteiger partial charge in [0.1, 0.15) is 0 Å². The lowest BCUT2D eigenvalue weighted by Gasteiger charge is -2.20. The van der Waals surface area contributed by atoms with Crippen molar-refractivity contribution in [3.05, 3.63) is 48.6 Å². The van der Waals surface area contributed by atoms with Gasteiger partial charge in [-0.05, 0) is 89.9 Å². The maximum atomic E-state index is 12.4. The predicted octanol–water partition coefficient (Wildman–Crippen LogP) is 23.3. The molecule has 0 rings (SSSR count). The van der Waals surface area contributed by atoms with Gasteiger partial charge in [0.2, 0.25) is 5.91 Å². The van der Waals surface area contributed by atoms with Crippen LogP contribution in [0, 0.1) is 0 Å². The molecule has 2 atom stereocenters. The third kappa shape index (κ3) is 65.0. The monoisotopic (exact) mass is 1120 g/mol. The molecular formula is C74H139NO5. The number of hydrogen-bond acceptors (Lipinski definition) is 5. The first-order valence-electron chi connectivity index (χ1n) is 35.9. The zero-order valence-electron chi connectivity index (χ0n) is 53.8. The molecule has 0 saturated carbocycles. The van der Waals surface area contributed by atoms with E-state index in [0.717, 1.165) is 51.4 Å². The second kappa shape index (κ2) is 69.3. The van der Waals surface area contributed by atoms with Gasteiger partial charge in [-0.3, -0.25) is 9.59 Å². The van der Waals surface area contributed by atoms with E-state index in [0.29, 0.717) is 19.4 Å². The summed E-state index contributed by atoms with van der Waals surface area (Å²) in [6.45, 7) is 4.89. The molecule has 0 aliphatic heterocycles. The molecule has 6 heteroatoms. The Bertz CT molecular complexity index is 1340. The third-order valence-corrected chi connectivity index (χ3v) is 16.6. The number of allylic oxidation sites excluding steroid dienone is 7. The fourth-order valence-electron chi connectivity index (χ4n) is 11.1. The SMILES string of the molecule is CCCCCCC/C=C\CCCCCCCC(=O)OCCCCCCCCCCCCCCCCC/C=C\C/C=C\CCCCCCCCCCCCCCCCCCCC(=O)NC(CO)C(O)/C=C/CCCCCCCCCC. The van der Waals surface area contributed by atoms with E-state index in [4.69, 9.17) is 4.74 Å². The van der Waals surface area contributed by atoms with E-state index in [-0.39, 0.29) is 18.5 Å². The Balaban J connectivity index is 3.34. The fourth-order valence-corrected chi connectivity index (χ4v) is 11.1. The van der Waals surface area contributed by atoms with E-state index in [2.05, 4.69) is 55.6 Å². The molecule has 2 unspecified atom stereocenters. The van der Waals surface area contributed by atoms with Gasteiger partial charge >= 0.3 is 5.97 Å². The fraction of sp³-hybridized carbons (Fsp3) is 0.865. The molecule has 0 aromatic carbocycles. The average Bonchev–Trinajstić information content (AvgIpc) is 3.46. The summed E-state index contributed by atoms with van der Waals surface area (Å²) in [4.78, 5) is 24.5. The highest BCUT2D eigenvalue weighted by Gasteiger charge is 2.18. The Morgan fingerprint density at radius 2 is 0.625 bits per heavy atom. The van der Waals surface area contributed by atoms with Crippen molar-refractivity contribution in [1.29, 1.82) is 0 Å². The molecule has 0 aliphatic carbocycles. The summed E-state index contributed by atoms with van der Waals surface area (Å²) >= 11 is 0. The smallest absolute Gasteiger partial charge is 0.305 e. The number of ether oxygens (including phenoxy) is 1. The molecule has 6 nitrogen and oxygen atoms in total. The van der Waals surface area contributed by atoms with Crippen molar-refractivity contribution in [2.24, 2.45) is 0 Å². The molecule has 80 heavy (non-hydrogen) atoms. The van der Waals surface area contributed by atoms with Crippen LogP contribution >= 0.6 is 0 Å². The van der Waals surface area contributed by atoms with E-state index in [1.165, 1.54) is 308 Å². The summed E-state index contributed by atoms with van der Waals surface area (Å²) in [5.41, 5.74) is 0. The van der Waals surface area contributed by atoms with Crippen molar-refractivity contribution in [2.75, 3.05) is 13.2 Å². The quantitative estimate of drug-likeness (QED) is 0.0320. The number of rotatable bonds is 67. The average molecular weight is 1120 g/mol. The van der Waals surface area contributed by atoms with Gasteiger partial charge in [0, 0.05) is 12.8 Å². The van der Waals surface area contributed by atoms with Crippen LogP contribution in [-0.2, 0) is 14.3 Å². The van der Waals surface area contributed by atoms with Crippen LogP contribution in [0.3, 0.4) is 0 Å². The lowest BCUT2D eigenvalue weighted by molar-refractivity contribution is -0.143. The number of unbranched alkanes of at least 4 members (excludes halogenated alkanes) is 50. The maximum Gasteiger partial charge on any atom is 0.305 e. The Hall–Kier alpha value is -2.18. The lowest BCUT2D eigenvalue weighted by Crippen LogP contribution is -2.45. The van der Waals surface area contributed by atoms with Crippen LogP contribution in [-0.4, -0.2) is 47.4 Å². The minimum Gasteiger partial charge on any atom is -0.466 e. The first-order chi connectivity index (χ1) is 39.5. The second-order valence-electron chi connectivity index (χ2n) is 24.6. The topological polar surface area (TPSA) is 95.9 Å². The Labute approximate surface area is 499 Å². The van der Waals surface area contributed by atoms with E-state index in [1.807, 2.05) is 6.08 Å². The summed E-state index contributed by atoms with van der Waals surface area (Å²) in [7, 11) is 0. The molecule has 470 valence electrons. The molecule has 0 radical (unpaired) electrons. The van der Waals surface area contributed by atoms with Crippen LogP contribution in [0.15, 0.2) is 48.6 Å². The molecule has 0 aromatic heterocycles. The van der Waals surface area contributed by atoms with E-state index in [1.54, 1.807) is 6.08 Å². The summed E-state index contributed by atoms with van der Waals surface area (Å²) in [6.07, 6.45) is 90.8. The summed E-state index contributed by atoms with van der Waals surface area (Å²) in [5.74, 6) is -0.0543. The molecule has 0 heterocycles. The van der Waals surface area contributed by atoms with Crippen LogP contribution < -0.4 is 5.32 Å². The molecular weight excluding hydrogens is 983 g/mol. The van der Waals surface area contributed by atoms with Crippen LogP contribution in [0.4, 0.5) is 0 Å². The highest BCUT2D eigenvalue weighted by molar-refractivity contribution is 5.76. The van der Waals surface area contributed by atoms with Crippen LogP contribution in [0.2, 0.25) is 0 Å². The van der Waals surface area contributed by atoms with Crippen molar-refractivity contribution in [2.45, 2.75) is 398 Å². The Morgan fingerprint density at radius 3 is 0.963 bits per heavy atom. The number of carbonyl (C=O) groups excluding carboxylic acids is 2. The van der Waals surface area contributed by atoms with Crippen molar-refractivity contribution >= 4 is 11.9 Å². The number of amides is 1. The standard InChI is InChI=1S/C74H139NO5/c1-3-5-7-9-11-13-15-16-45-48-52-56-60-64-68-74(79)80-69-65-61-57-53-49-46-43-41-39-37-35-33-31-29-27-25-23-21-19-17-18-20-22-24-26-28-30-32-34-36-38-40-42-44-47-51-55-59-63-67-73(78)75-71(70-76)72(77)66-62-58-54-50-14-12-10-8-6-4-2/h15-18,21,23,62,66,71-72,76-77H,3-14,19-20,22,24-61,63-65,67-70H2,1-2H3,(H,75,78)/b16-15-,18-17-,23-21-,66-62+. The highest BCUT2D eigenvalue weighted by atomic mass is 16.5. The first-order valence-corrected chi connectivity index (χ1v) is 35.9. The van der Waals surface area contributed by atoms with Gasteiger partial charge in [-0.1, -0.05) is 332 Å². The maximum absolute atomic E-state index is 12.4. The van der Waals surface area contributed by atoms with Crippen molar-refractivity contribution in [3.63, 3.8) is 0 Å². The zero-order chi connectivity index (χ0) is 57.8. The molecule has 0 fully saturated rings. The van der Waals surface area contributed by atoms with Crippen LogP contribution in [0.1, 0.15) is 386 Å². The Morgan fingerprint density at radius 1 is 0.350 bits per heavy atom. The van der Waals surface area contributed by atoms with Crippen LogP contribution in [0.5, 0.6) is 0 Å². The number of hydrogen-bond donors (Lipinski definition) is 3. The molecule has 0 spiro atoms. The summed E-state index contributed by atoms with van der Waals surface area (Å²) in [6, 6.07) is -0.624. The minimum atomic E-state index is -0.840. The van der Waals surface area contributed by atoms with Gasteiger partial charge in [-0.15, -0.1) is 0 Å². The minimum absolute atomic E-state index is 0.0116. The van der Waals surface area contributed by atoms with E-state index in [9.17, 15) is 19.8 Å². The molecule has 0 aliphatic rings. The normalized spacial score (nSPS) is 12.8. The molecule has 0 bridgehead atoms. The second-order valence-corrected chi connectivity index (χ2v) is 24.6. The first kappa shape index (κ1) is 77.8. The molecule has 0 saturated heterocycles. The molecule has 1 amide bonds. The van der Waals surface area contributed by atoms with Gasteiger partial charge in [0.05, 0.1) is 25.4 Å². The van der Waals surface area contributed by atoms with Gasteiger partial charge in [-0.2, -0.15) is 0 Å². The Kier molecular flexibility index (Phi) is 67.4. The van der Waals surface area contributed by atoms with Gasteiger partial charge in [0.15, 0.2) is 0 Å². The van der Waals surface area contributed by atoms with Crippen molar-refractivity contribution in [1.82, 2.24) is 5.32 Å². The summed E-state index contributed by atoms with van der Waals surface area (Å²) < 4.78 is 5.49. The van der Waals surface area contributed by atoms with Gasteiger partial charge in [0.25, 0.3) is 0 Å².